The maximum Gasteiger partial charge on any atom is 0.336 e. The Balaban J connectivity index is 2.45. The summed E-state index contributed by atoms with van der Waals surface area (Å²) < 4.78 is 9.85. The standard InChI is InChI=1S/C20H18O6/c1-25-18-12-14(6-10-19(22)26-2)5-9-16(18)17(20(23)24)11-13-3-7-15(21)8-4-13/h3-12,21H,1-2H3,(H,23,24)/b10-6+,17-11+. The molecule has 0 aliphatic rings. The molecule has 0 aliphatic heterocycles. The van der Waals surface area contributed by atoms with E-state index in [4.69, 9.17) is 4.74 Å². The van der Waals surface area contributed by atoms with Crippen LogP contribution in [0.15, 0.2) is 48.5 Å². The number of benzene rings is 2. The molecule has 0 radical (unpaired) electrons. The number of phenols is 1. The summed E-state index contributed by atoms with van der Waals surface area (Å²) in [4.78, 5) is 22.9. The summed E-state index contributed by atoms with van der Waals surface area (Å²) in [6.07, 6.45) is 4.30. The third kappa shape index (κ3) is 4.73. The van der Waals surface area contributed by atoms with Crippen LogP contribution >= 0.6 is 0 Å². The number of ether oxygens (including phenoxy) is 2. The second-order valence-electron chi connectivity index (χ2n) is 5.27. The van der Waals surface area contributed by atoms with Crippen molar-refractivity contribution in [3.05, 3.63) is 65.2 Å². The Morgan fingerprint density at radius 2 is 1.65 bits per heavy atom. The van der Waals surface area contributed by atoms with Gasteiger partial charge >= 0.3 is 11.9 Å². The van der Waals surface area contributed by atoms with Gasteiger partial charge in [-0.05, 0) is 47.5 Å². The Bertz CT molecular complexity index is 862. The fourth-order valence-corrected chi connectivity index (χ4v) is 2.26. The number of carboxylic acid groups (broad SMARTS) is 1. The lowest BCUT2D eigenvalue weighted by atomic mass is 10.00. The Morgan fingerprint density at radius 3 is 2.23 bits per heavy atom. The molecular formula is C20H18O6. The number of aromatic hydroxyl groups is 1. The van der Waals surface area contributed by atoms with Gasteiger partial charge < -0.3 is 19.7 Å². The fraction of sp³-hybridized carbons (Fsp3) is 0.100. The third-order valence-corrected chi connectivity index (χ3v) is 3.56. The molecule has 2 rings (SSSR count). The van der Waals surface area contributed by atoms with Crippen LogP contribution in [-0.4, -0.2) is 36.4 Å². The summed E-state index contributed by atoms with van der Waals surface area (Å²) in [6.45, 7) is 0. The van der Waals surface area contributed by atoms with E-state index < -0.39 is 11.9 Å². The van der Waals surface area contributed by atoms with Crippen molar-refractivity contribution >= 4 is 29.7 Å². The first-order valence-corrected chi connectivity index (χ1v) is 7.63. The van der Waals surface area contributed by atoms with Crippen molar-refractivity contribution in [1.29, 1.82) is 0 Å². The average molecular weight is 354 g/mol. The minimum Gasteiger partial charge on any atom is -0.508 e. The van der Waals surface area contributed by atoms with E-state index in [0.29, 0.717) is 22.4 Å². The second kappa shape index (κ2) is 8.53. The number of hydrogen-bond acceptors (Lipinski definition) is 5. The molecule has 6 nitrogen and oxygen atoms in total. The normalized spacial score (nSPS) is 11.4. The minimum atomic E-state index is -1.12. The van der Waals surface area contributed by atoms with Gasteiger partial charge in [-0.2, -0.15) is 0 Å². The SMILES string of the molecule is COC(=O)/C=C/c1ccc(/C(=C\c2ccc(O)cc2)C(=O)O)c(OC)c1. The van der Waals surface area contributed by atoms with Crippen LogP contribution in [-0.2, 0) is 14.3 Å². The molecule has 0 fully saturated rings. The van der Waals surface area contributed by atoms with Gasteiger partial charge in [0.05, 0.1) is 19.8 Å². The molecular weight excluding hydrogens is 336 g/mol. The molecule has 0 aromatic heterocycles. The van der Waals surface area contributed by atoms with Gasteiger partial charge in [0.2, 0.25) is 0 Å². The molecule has 0 aliphatic carbocycles. The molecule has 26 heavy (non-hydrogen) atoms. The highest BCUT2D eigenvalue weighted by atomic mass is 16.5. The van der Waals surface area contributed by atoms with Crippen LogP contribution in [0.2, 0.25) is 0 Å². The van der Waals surface area contributed by atoms with Crippen molar-refractivity contribution in [2.75, 3.05) is 14.2 Å². The molecule has 0 unspecified atom stereocenters. The van der Waals surface area contributed by atoms with Gasteiger partial charge in [-0.3, -0.25) is 0 Å². The monoisotopic (exact) mass is 354 g/mol. The van der Waals surface area contributed by atoms with Gasteiger partial charge in [0.1, 0.15) is 11.5 Å². The molecule has 0 heterocycles. The van der Waals surface area contributed by atoms with Crippen LogP contribution < -0.4 is 4.74 Å². The van der Waals surface area contributed by atoms with E-state index in [0.717, 1.165) is 0 Å². The summed E-state index contributed by atoms with van der Waals surface area (Å²) in [5.41, 5.74) is 1.71. The fourth-order valence-electron chi connectivity index (χ4n) is 2.26. The van der Waals surface area contributed by atoms with E-state index in [1.165, 1.54) is 38.5 Å². The number of rotatable bonds is 6. The number of hydrogen-bond donors (Lipinski definition) is 2. The van der Waals surface area contributed by atoms with Gasteiger partial charge in [-0.1, -0.05) is 18.2 Å². The van der Waals surface area contributed by atoms with E-state index >= 15 is 0 Å². The van der Waals surface area contributed by atoms with Crippen molar-refractivity contribution in [2.45, 2.75) is 0 Å². The highest BCUT2D eigenvalue weighted by Crippen LogP contribution is 2.30. The minimum absolute atomic E-state index is 0.0380. The third-order valence-electron chi connectivity index (χ3n) is 3.56. The zero-order valence-corrected chi connectivity index (χ0v) is 14.3. The maximum absolute atomic E-state index is 11.7. The smallest absolute Gasteiger partial charge is 0.336 e. The molecule has 0 spiro atoms. The van der Waals surface area contributed by atoms with E-state index in [1.807, 2.05) is 0 Å². The van der Waals surface area contributed by atoms with Crippen LogP contribution in [0.25, 0.3) is 17.7 Å². The van der Waals surface area contributed by atoms with Gasteiger partial charge in [0, 0.05) is 11.6 Å². The van der Waals surface area contributed by atoms with Crippen LogP contribution in [0.5, 0.6) is 11.5 Å². The van der Waals surface area contributed by atoms with Gasteiger partial charge in [0.15, 0.2) is 0 Å². The first kappa shape index (κ1) is 18.8. The highest BCUT2D eigenvalue weighted by molar-refractivity contribution is 6.21. The number of aliphatic carboxylic acids is 1. The zero-order chi connectivity index (χ0) is 19.1. The quantitative estimate of drug-likeness (QED) is 0.470. The largest absolute Gasteiger partial charge is 0.508 e. The maximum atomic E-state index is 11.7. The zero-order valence-electron chi connectivity index (χ0n) is 14.3. The molecule has 2 aromatic carbocycles. The van der Waals surface area contributed by atoms with Crippen molar-refractivity contribution in [3.63, 3.8) is 0 Å². The first-order valence-electron chi connectivity index (χ1n) is 7.63. The molecule has 0 saturated heterocycles. The van der Waals surface area contributed by atoms with E-state index in [9.17, 15) is 19.8 Å². The number of carbonyl (C=O) groups excluding carboxylic acids is 1. The molecule has 0 amide bonds. The number of carbonyl (C=O) groups is 2. The Morgan fingerprint density at radius 1 is 1.00 bits per heavy atom. The van der Waals surface area contributed by atoms with Crippen LogP contribution in [0.1, 0.15) is 16.7 Å². The summed E-state index contributed by atoms with van der Waals surface area (Å²) >= 11 is 0. The van der Waals surface area contributed by atoms with Crippen LogP contribution in [0.3, 0.4) is 0 Å². The molecule has 0 atom stereocenters. The number of methoxy groups -OCH3 is 2. The molecule has 6 heteroatoms. The summed E-state index contributed by atoms with van der Waals surface area (Å²) in [5.74, 6) is -1.16. The van der Waals surface area contributed by atoms with Crippen molar-refractivity contribution < 1.29 is 29.3 Å². The first-order chi connectivity index (χ1) is 12.4. The Hall–Kier alpha value is -3.54. The van der Waals surface area contributed by atoms with Gasteiger partial charge in [-0.25, -0.2) is 9.59 Å². The highest BCUT2D eigenvalue weighted by Gasteiger charge is 2.16. The number of carboxylic acids is 1. The van der Waals surface area contributed by atoms with Crippen LogP contribution in [0, 0.1) is 0 Å². The lowest BCUT2D eigenvalue weighted by Crippen LogP contribution is -2.02. The van der Waals surface area contributed by atoms with Crippen molar-refractivity contribution in [3.8, 4) is 11.5 Å². The predicted octanol–water partition coefficient (Wildman–Crippen LogP) is 3.21. The number of esters is 1. The van der Waals surface area contributed by atoms with E-state index in [1.54, 1.807) is 36.4 Å². The Kier molecular flexibility index (Phi) is 6.16. The second-order valence-corrected chi connectivity index (χ2v) is 5.27. The summed E-state index contributed by atoms with van der Waals surface area (Å²) in [6, 6.07) is 11.1. The summed E-state index contributed by atoms with van der Waals surface area (Å²) in [7, 11) is 2.72. The Labute approximate surface area is 150 Å². The molecule has 2 N–H and O–H groups in total. The van der Waals surface area contributed by atoms with Gasteiger partial charge in [-0.15, -0.1) is 0 Å². The molecule has 0 bridgehead atoms. The van der Waals surface area contributed by atoms with Crippen molar-refractivity contribution in [2.24, 2.45) is 0 Å². The van der Waals surface area contributed by atoms with Gasteiger partial charge in [0.25, 0.3) is 0 Å². The molecule has 0 saturated carbocycles. The van der Waals surface area contributed by atoms with E-state index in [2.05, 4.69) is 4.74 Å². The van der Waals surface area contributed by atoms with Crippen molar-refractivity contribution in [1.82, 2.24) is 0 Å². The average Bonchev–Trinajstić information content (AvgIpc) is 2.65. The predicted molar refractivity (Wildman–Crippen MR) is 97.7 cm³/mol. The lowest BCUT2D eigenvalue weighted by molar-refractivity contribution is -0.134. The summed E-state index contributed by atoms with van der Waals surface area (Å²) in [5, 5.41) is 18.9. The molecule has 134 valence electrons. The van der Waals surface area contributed by atoms with E-state index in [-0.39, 0.29) is 11.3 Å². The number of phenolic OH excluding ortho intramolecular Hbond substituents is 1. The van der Waals surface area contributed by atoms with Crippen LogP contribution in [0.4, 0.5) is 0 Å². The lowest BCUT2D eigenvalue weighted by Gasteiger charge is -2.10. The topological polar surface area (TPSA) is 93.1 Å². The molecule has 2 aromatic rings.